The van der Waals surface area contributed by atoms with Gasteiger partial charge in [0.2, 0.25) is 12.3 Å². The second-order valence-corrected chi connectivity index (χ2v) is 5.15. The molecule has 2 bridgehead atoms. The predicted molar refractivity (Wildman–Crippen MR) is 52.8 cm³/mol. The highest BCUT2D eigenvalue weighted by Crippen LogP contribution is 2.61. The Morgan fingerprint density at radius 2 is 2.35 bits per heavy atom. The van der Waals surface area contributed by atoms with E-state index in [9.17, 15) is 10.0 Å². The zero-order valence-corrected chi connectivity index (χ0v) is 9.11. The van der Waals surface area contributed by atoms with Gasteiger partial charge in [-0.15, -0.1) is 10.2 Å². The normalized spacial score (nSPS) is 33.6. The van der Waals surface area contributed by atoms with Gasteiger partial charge < -0.3 is 9.32 Å². The molecule has 1 saturated carbocycles. The summed E-state index contributed by atoms with van der Waals surface area (Å²) in [6.45, 7) is 0.558. The van der Waals surface area contributed by atoms with Gasteiger partial charge in [-0.3, -0.25) is 5.21 Å². The first-order chi connectivity index (χ1) is 8.21. The number of hydroxylamine groups is 2. The third-order valence-corrected chi connectivity index (χ3v) is 4.34. The maximum atomic E-state index is 11.9. The number of amides is 2. The van der Waals surface area contributed by atoms with Crippen LogP contribution in [0.5, 0.6) is 0 Å². The molecule has 0 radical (unpaired) electrons. The average molecular weight is 236 g/mol. The summed E-state index contributed by atoms with van der Waals surface area (Å²) in [7, 11) is 0. The number of nitrogens with zero attached hydrogens (tertiary/aromatic N) is 4. The Labute approximate surface area is 97.0 Å². The van der Waals surface area contributed by atoms with Crippen LogP contribution in [0.2, 0.25) is 0 Å². The van der Waals surface area contributed by atoms with E-state index in [2.05, 4.69) is 10.2 Å². The second-order valence-electron chi connectivity index (χ2n) is 5.15. The van der Waals surface area contributed by atoms with Crippen molar-refractivity contribution in [2.24, 2.45) is 5.41 Å². The summed E-state index contributed by atoms with van der Waals surface area (Å²) in [5.41, 5.74) is 0.0660. The van der Waals surface area contributed by atoms with Gasteiger partial charge in [0.25, 0.3) is 0 Å². The summed E-state index contributed by atoms with van der Waals surface area (Å²) >= 11 is 0. The van der Waals surface area contributed by atoms with Gasteiger partial charge in [0.05, 0.1) is 6.04 Å². The first kappa shape index (κ1) is 9.41. The maximum Gasteiger partial charge on any atom is 0.344 e. The van der Waals surface area contributed by atoms with Crippen molar-refractivity contribution in [3.05, 3.63) is 12.3 Å². The third-order valence-electron chi connectivity index (χ3n) is 4.34. The molecular weight excluding hydrogens is 224 g/mol. The number of carbonyl (C=O) groups is 1. The topological polar surface area (TPSA) is 82.7 Å². The van der Waals surface area contributed by atoms with Crippen LogP contribution in [0.4, 0.5) is 4.79 Å². The molecule has 3 heterocycles. The summed E-state index contributed by atoms with van der Waals surface area (Å²) in [6, 6.07) is -0.586. The first-order valence-electron chi connectivity index (χ1n) is 5.76. The van der Waals surface area contributed by atoms with Crippen LogP contribution < -0.4 is 0 Å². The third kappa shape index (κ3) is 1.07. The van der Waals surface area contributed by atoms with Crippen LogP contribution in [-0.4, -0.2) is 44.0 Å². The molecule has 2 saturated heterocycles. The van der Waals surface area contributed by atoms with Gasteiger partial charge >= 0.3 is 6.03 Å². The van der Waals surface area contributed by atoms with Crippen LogP contribution >= 0.6 is 0 Å². The fourth-order valence-electron chi connectivity index (χ4n) is 3.20. The zero-order chi connectivity index (χ0) is 11.6. The van der Waals surface area contributed by atoms with E-state index in [0.29, 0.717) is 12.4 Å². The summed E-state index contributed by atoms with van der Waals surface area (Å²) in [6.07, 6.45) is 4.20. The number of carbonyl (C=O) groups excluding carboxylic acids is 1. The summed E-state index contributed by atoms with van der Waals surface area (Å²) in [4.78, 5) is 13.5. The number of aromatic nitrogens is 2. The molecule has 1 aliphatic carbocycles. The van der Waals surface area contributed by atoms with E-state index in [1.165, 1.54) is 6.39 Å². The van der Waals surface area contributed by atoms with Gasteiger partial charge in [-0.1, -0.05) is 0 Å². The maximum absolute atomic E-state index is 11.9. The standard InChI is InChI=1S/C10H12N4O3/c15-9-13-4-7(14(9)16)10(1-2-10)3-6(13)8-12-11-5-17-8/h5-7,16H,1-4H2. The molecule has 2 unspecified atom stereocenters. The monoisotopic (exact) mass is 236 g/mol. The van der Waals surface area contributed by atoms with Crippen molar-refractivity contribution in [1.29, 1.82) is 0 Å². The smallest absolute Gasteiger partial charge is 0.344 e. The van der Waals surface area contributed by atoms with E-state index in [1.807, 2.05) is 0 Å². The highest BCUT2D eigenvalue weighted by molar-refractivity contribution is 5.77. The lowest BCUT2D eigenvalue weighted by Gasteiger charge is -2.34. The quantitative estimate of drug-likeness (QED) is 0.729. The number of piperidine rings is 1. The molecule has 4 rings (SSSR count). The van der Waals surface area contributed by atoms with Crippen LogP contribution in [0, 0.1) is 5.41 Å². The lowest BCUT2D eigenvalue weighted by atomic mass is 9.85. The van der Waals surface area contributed by atoms with Gasteiger partial charge in [-0.2, -0.15) is 0 Å². The van der Waals surface area contributed by atoms with Crippen molar-refractivity contribution in [2.45, 2.75) is 31.3 Å². The summed E-state index contributed by atoms with van der Waals surface area (Å²) in [5, 5.41) is 18.3. The van der Waals surface area contributed by atoms with Gasteiger partial charge in [0.1, 0.15) is 6.04 Å². The van der Waals surface area contributed by atoms with Crippen LogP contribution in [0.15, 0.2) is 10.8 Å². The molecule has 1 N–H and O–H groups in total. The number of fused-ring (bicyclic) bond motifs is 3. The molecular formula is C10H12N4O3. The van der Waals surface area contributed by atoms with Crippen molar-refractivity contribution in [3.8, 4) is 0 Å². The van der Waals surface area contributed by atoms with Crippen LogP contribution in [0.25, 0.3) is 0 Å². The van der Waals surface area contributed by atoms with Crippen LogP contribution in [0.3, 0.4) is 0 Å². The lowest BCUT2D eigenvalue weighted by Crippen LogP contribution is -2.41. The van der Waals surface area contributed by atoms with Gasteiger partial charge in [-0.25, -0.2) is 9.86 Å². The van der Waals surface area contributed by atoms with Crippen LogP contribution in [0.1, 0.15) is 31.2 Å². The SMILES string of the molecule is O=C1N(O)C2CN1C(c1nnco1)CC21CC1. The molecule has 2 amide bonds. The molecule has 1 aromatic heterocycles. The second kappa shape index (κ2) is 2.79. The van der Waals surface area contributed by atoms with Crippen molar-refractivity contribution in [3.63, 3.8) is 0 Å². The molecule has 90 valence electrons. The lowest BCUT2D eigenvalue weighted by molar-refractivity contribution is -0.0783. The minimum Gasteiger partial charge on any atom is -0.426 e. The Morgan fingerprint density at radius 1 is 1.53 bits per heavy atom. The Balaban J connectivity index is 1.76. The minimum absolute atomic E-state index is 0.0610. The zero-order valence-electron chi connectivity index (χ0n) is 9.11. The molecule has 0 aromatic carbocycles. The van der Waals surface area contributed by atoms with Crippen molar-refractivity contribution in [1.82, 2.24) is 20.2 Å². The Bertz CT molecular complexity index is 470. The summed E-state index contributed by atoms with van der Waals surface area (Å²) < 4.78 is 5.21. The molecule has 1 aromatic rings. The first-order valence-corrected chi connectivity index (χ1v) is 5.76. The molecule has 2 aliphatic heterocycles. The van der Waals surface area contributed by atoms with E-state index in [4.69, 9.17) is 4.42 Å². The number of rotatable bonds is 1. The highest BCUT2D eigenvalue weighted by atomic mass is 16.5. The van der Waals surface area contributed by atoms with E-state index in [1.54, 1.807) is 4.90 Å². The molecule has 7 heteroatoms. The fraction of sp³-hybridized carbons (Fsp3) is 0.700. The Hall–Kier alpha value is -1.63. The predicted octanol–water partition coefficient (Wildman–Crippen LogP) is 0.790. The molecule has 7 nitrogen and oxygen atoms in total. The number of urea groups is 1. The number of hydrogen-bond donors (Lipinski definition) is 1. The average Bonchev–Trinajstić information content (AvgIpc) is 2.81. The largest absolute Gasteiger partial charge is 0.426 e. The van der Waals surface area contributed by atoms with Gasteiger partial charge in [0.15, 0.2) is 0 Å². The fourth-order valence-corrected chi connectivity index (χ4v) is 3.20. The highest BCUT2D eigenvalue weighted by Gasteiger charge is 2.63. The Kier molecular flexibility index (Phi) is 1.54. The van der Waals surface area contributed by atoms with E-state index in [-0.39, 0.29) is 23.5 Å². The summed E-state index contributed by atoms with van der Waals surface area (Å²) in [5.74, 6) is 0.471. The van der Waals surface area contributed by atoms with Gasteiger partial charge in [-0.05, 0) is 24.7 Å². The molecule has 2 atom stereocenters. The van der Waals surface area contributed by atoms with E-state index >= 15 is 0 Å². The molecule has 1 spiro atoms. The Morgan fingerprint density at radius 3 is 3.00 bits per heavy atom. The van der Waals surface area contributed by atoms with Crippen molar-refractivity contribution in [2.75, 3.05) is 6.54 Å². The molecule has 3 aliphatic rings. The minimum atomic E-state index is -0.345. The van der Waals surface area contributed by atoms with E-state index < -0.39 is 0 Å². The van der Waals surface area contributed by atoms with E-state index in [0.717, 1.165) is 24.3 Å². The van der Waals surface area contributed by atoms with Crippen molar-refractivity contribution >= 4 is 6.03 Å². The van der Waals surface area contributed by atoms with Crippen molar-refractivity contribution < 1.29 is 14.4 Å². The molecule has 17 heavy (non-hydrogen) atoms. The number of hydrogen-bond acceptors (Lipinski definition) is 5. The van der Waals surface area contributed by atoms with Gasteiger partial charge in [0, 0.05) is 6.54 Å². The van der Waals surface area contributed by atoms with Crippen LogP contribution in [-0.2, 0) is 0 Å². The molecule has 3 fully saturated rings.